The molecule has 1 heterocycles. The van der Waals surface area contributed by atoms with E-state index in [1.165, 1.54) is 0 Å². The van der Waals surface area contributed by atoms with Crippen LogP contribution in [0.4, 0.5) is 13.2 Å². The maximum Gasteiger partial charge on any atom is 0.481 e. The molecule has 4 nitrogen and oxygen atoms in total. The molecule has 8 heteroatoms. The third-order valence-corrected chi connectivity index (χ3v) is 6.60. The van der Waals surface area contributed by atoms with Crippen molar-refractivity contribution in [3.63, 3.8) is 0 Å². The Kier molecular flexibility index (Phi) is 4.47. The van der Waals surface area contributed by atoms with Gasteiger partial charge in [-0.1, -0.05) is 27.7 Å². The minimum absolute atomic E-state index is 0.103. The number of halogens is 3. The lowest BCUT2D eigenvalue weighted by Gasteiger charge is -2.64. The SMILES string of the molecule is CC(C)C[C@H](NC(=O)C(F)(F)F)B1O[C@@H]2C[C@@H]3C[C@@H](C3(C)C)[C@]2(C)O1. The average Bonchev–Trinajstić information content (AvgIpc) is 2.81. The molecule has 0 aromatic carbocycles. The zero-order valence-electron chi connectivity index (χ0n) is 15.4. The van der Waals surface area contributed by atoms with E-state index in [0.29, 0.717) is 18.3 Å². The number of carbonyl (C=O) groups excluding carboxylic acids is 1. The van der Waals surface area contributed by atoms with Gasteiger partial charge in [-0.15, -0.1) is 0 Å². The van der Waals surface area contributed by atoms with E-state index in [9.17, 15) is 18.0 Å². The number of carbonyl (C=O) groups is 1. The topological polar surface area (TPSA) is 47.6 Å². The number of alkyl halides is 3. The van der Waals surface area contributed by atoms with Gasteiger partial charge in [-0.25, -0.2) is 0 Å². The van der Waals surface area contributed by atoms with Crippen LogP contribution in [-0.4, -0.2) is 36.8 Å². The van der Waals surface area contributed by atoms with Gasteiger partial charge in [0, 0.05) is 0 Å². The third kappa shape index (κ3) is 3.09. The van der Waals surface area contributed by atoms with Gasteiger partial charge in [0.05, 0.1) is 17.6 Å². The highest BCUT2D eigenvalue weighted by Crippen LogP contribution is 2.65. The predicted molar refractivity (Wildman–Crippen MR) is 87.6 cm³/mol. The summed E-state index contributed by atoms with van der Waals surface area (Å²) in [6.07, 6.45) is -2.73. The molecule has 2 bridgehead atoms. The van der Waals surface area contributed by atoms with E-state index in [4.69, 9.17) is 9.31 Å². The van der Waals surface area contributed by atoms with Crippen molar-refractivity contribution in [3.05, 3.63) is 0 Å². The second-order valence-electron chi connectivity index (χ2n) is 9.04. The van der Waals surface area contributed by atoms with Gasteiger partial charge in [0.25, 0.3) is 0 Å². The van der Waals surface area contributed by atoms with E-state index >= 15 is 0 Å². The van der Waals surface area contributed by atoms with Crippen molar-refractivity contribution in [2.75, 3.05) is 0 Å². The first-order valence-electron chi connectivity index (χ1n) is 9.06. The Balaban J connectivity index is 1.76. The normalized spacial score (nSPS) is 37.5. The molecule has 0 radical (unpaired) electrons. The second kappa shape index (κ2) is 5.88. The summed E-state index contributed by atoms with van der Waals surface area (Å²) in [5.41, 5.74) is -0.340. The zero-order chi connectivity index (χ0) is 18.8. The zero-order valence-corrected chi connectivity index (χ0v) is 15.4. The minimum Gasteiger partial charge on any atom is -0.404 e. The van der Waals surface area contributed by atoms with Crippen LogP contribution < -0.4 is 5.32 Å². The third-order valence-electron chi connectivity index (χ3n) is 6.60. The van der Waals surface area contributed by atoms with E-state index in [1.54, 1.807) is 0 Å². The molecule has 3 aliphatic carbocycles. The van der Waals surface area contributed by atoms with Gasteiger partial charge < -0.3 is 14.6 Å². The average molecular weight is 361 g/mol. The Bertz CT molecular complexity index is 554. The number of hydrogen-bond donors (Lipinski definition) is 1. The summed E-state index contributed by atoms with van der Waals surface area (Å²) in [5.74, 6) is -1.75. The highest BCUT2D eigenvalue weighted by atomic mass is 19.4. The molecular formula is C17H27BF3NO3. The minimum atomic E-state index is -4.91. The Morgan fingerprint density at radius 2 is 1.92 bits per heavy atom. The van der Waals surface area contributed by atoms with Crippen molar-refractivity contribution in [2.24, 2.45) is 23.2 Å². The molecule has 0 spiro atoms. The summed E-state index contributed by atoms with van der Waals surface area (Å²) in [5, 5.41) is 2.09. The molecule has 4 rings (SSSR count). The van der Waals surface area contributed by atoms with Crippen molar-refractivity contribution < 1.29 is 27.3 Å². The molecule has 1 N–H and O–H groups in total. The van der Waals surface area contributed by atoms with Crippen LogP contribution in [0.1, 0.15) is 53.9 Å². The molecule has 0 unspecified atom stereocenters. The first-order valence-corrected chi connectivity index (χ1v) is 9.06. The van der Waals surface area contributed by atoms with Crippen LogP contribution in [0.2, 0.25) is 0 Å². The molecule has 0 aromatic heterocycles. The quantitative estimate of drug-likeness (QED) is 0.782. The van der Waals surface area contributed by atoms with E-state index in [-0.39, 0.29) is 17.4 Å². The van der Waals surface area contributed by atoms with Gasteiger partial charge >= 0.3 is 19.2 Å². The first-order chi connectivity index (χ1) is 11.4. The molecule has 4 fully saturated rings. The predicted octanol–water partition coefficient (Wildman–Crippen LogP) is 3.35. The van der Waals surface area contributed by atoms with Gasteiger partial charge in [0.1, 0.15) is 0 Å². The van der Waals surface area contributed by atoms with E-state index in [2.05, 4.69) is 19.2 Å². The van der Waals surface area contributed by atoms with Crippen molar-refractivity contribution >= 4 is 13.0 Å². The fraction of sp³-hybridized carbons (Fsp3) is 0.941. The number of nitrogens with one attached hydrogen (secondary N) is 1. The maximum absolute atomic E-state index is 12.7. The van der Waals surface area contributed by atoms with Crippen LogP contribution in [0, 0.1) is 23.2 Å². The van der Waals surface area contributed by atoms with Gasteiger partial charge in [-0.05, 0) is 49.4 Å². The lowest BCUT2D eigenvalue weighted by Crippen LogP contribution is -2.65. The number of amides is 1. The van der Waals surface area contributed by atoms with Crippen molar-refractivity contribution in [3.8, 4) is 0 Å². The van der Waals surface area contributed by atoms with Crippen LogP contribution in [0.25, 0.3) is 0 Å². The number of rotatable bonds is 4. The second-order valence-corrected chi connectivity index (χ2v) is 9.04. The fourth-order valence-corrected chi connectivity index (χ4v) is 5.07. The van der Waals surface area contributed by atoms with Crippen LogP contribution in [-0.2, 0) is 14.1 Å². The molecule has 25 heavy (non-hydrogen) atoms. The molecule has 4 aliphatic rings. The molecule has 0 aromatic rings. The molecule has 142 valence electrons. The van der Waals surface area contributed by atoms with E-state index in [0.717, 1.165) is 12.8 Å². The Morgan fingerprint density at radius 3 is 2.44 bits per heavy atom. The van der Waals surface area contributed by atoms with Gasteiger partial charge in [0.2, 0.25) is 0 Å². The van der Waals surface area contributed by atoms with Crippen LogP contribution >= 0.6 is 0 Å². The van der Waals surface area contributed by atoms with Crippen LogP contribution in [0.15, 0.2) is 0 Å². The van der Waals surface area contributed by atoms with Gasteiger partial charge in [-0.3, -0.25) is 4.79 Å². The van der Waals surface area contributed by atoms with E-state index < -0.39 is 30.7 Å². The molecule has 1 aliphatic heterocycles. The Morgan fingerprint density at radius 1 is 1.28 bits per heavy atom. The van der Waals surface area contributed by atoms with Crippen LogP contribution in [0.3, 0.4) is 0 Å². The summed E-state index contributed by atoms with van der Waals surface area (Å²) in [7, 11) is -0.834. The molecular weight excluding hydrogens is 334 g/mol. The maximum atomic E-state index is 12.7. The summed E-state index contributed by atoms with van der Waals surface area (Å²) >= 11 is 0. The first kappa shape index (κ1) is 19.0. The summed E-state index contributed by atoms with van der Waals surface area (Å²) < 4.78 is 50.3. The van der Waals surface area contributed by atoms with Crippen LogP contribution in [0.5, 0.6) is 0 Å². The van der Waals surface area contributed by atoms with Gasteiger partial charge in [-0.2, -0.15) is 13.2 Å². The summed E-state index contributed by atoms with van der Waals surface area (Å²) in [6.45, 7) is 10.3. The van der Waals surface area contributed by atoms with Gasteiger partial charge in [0.15, 0.2) is 0 Å². The smallest absolute Gasteiger partial charge is 0.404 e. The van der Waals surface area contributed by atoms with Crippen molar-refractivity contribution in [1.29, 1.82) is 0 Å². The lowest BCUT2D eigenvalue weighted by atomic mass is 9.43. The molecule has 3 saturated carbocycles. The summed E-state index contributed by atoms with van der Waals surface area (Å²) in [4.78, 5) is 11.4. The van der Waals surface area contributed by atoms with Crippen molar-refractivity contribution in [2.45, 2.75) is 77.7 Å². The highest BCUT2D eigenvalue weighted by molar-refractivity contribution is 6.47. The standard InChI is InChI=1S/C17H27BF3NO3/c1-9(2)6-13(22-14(23)17(19,20)21)18-24-12-8-10-7-11(15(10,3)4)16(12,5)25-18/h9-13H,6-8H2,1-5H3,(H,22,23)/t10-,11-,12+,13-,16-/m0/s1. The fourth-order valence-electron chi connectivity index (χ4n) is 5.07. The monoisotopic (exact) mass is 361 g/mol. The highest BCUT2D eigenvalue weighted by Gasteiger charge is 2.68. The molecule has 1 amide bonds. The largest absolute Gasteiger partial charge is 0.481 e. The summed E-state index contributed by atoms with van der Waals surface area (Å²) in [6, 6.07) is 0. The lowest BCUT2D eigenvalue weighted by molar-refractivity contribution is -0.199. The Hall–Kier alpha value is -0.755. The van der Waals surface area contributed by atoms with Crippen molar-refractivity contribution in [1.82, 2.24) is 5.32 Å². The molecule has 1 saturated heterocycles. The Labute approximate surface area is 147 Å². The molecule has 5 atom stereocenters. The number of hydrogen-bond acceptors (Lipinski definition) is 3. The van der Waals surface area contributed by atoms with E-state index in [1.807, 2.05) is 20.8 Å².